The van der Waals surface area contributed by atoms with Crippen LogP contribution in [0.4, 0.5) is 0 Å². The molecule has 112 valence electrons. The standard InChI is InChI=1S/C19H25NO/c1-14-10-11-18(16(12-14)19(2,3)4)21-17-9-7-6-8-15(17)13-20-5/h6-12,20H,13H2,1-5H3. The molecule has 0 radical (unpaired) electrons. The van der Waals surface area contributed by atoms with Gasteiger partial charge in [-0.05, 0) is 31.5 Å². The van der Waals surface area contributed by atoms with Crippen LogP contribution in [0.3, 0.4) is 0 Å². The molecule has 0 saturated carbocycles. The summed E-state index contributed by atoms with van der Waals surface area (Å²) in [6, 6.07) is 14.6. The van der Waals surface area contributed by atoms with Gasteiger partial charge in [0.2, 0.25) is 0 Å². The van der Waals surface area contributed by atoms with E-state index in [9.17, 15) is 0 Å². The maximum Gasteiger partial charge on any atom is 0.131 e. The Hall–Kier alpha value is -1.80. The van der Waals surface area contributed by atoms with Crippen molar-refractivity contribution < 1.29 is 4.74 Å². The Bertz CT molecular complexity index is 611. The fourth-order valence-electron chi connectivity index (χ4n) is 2.38. The molecule has 0 aromatic heterocycles. The minimum absolute atomic E-state index is 0.0549. The number of hydrogen-bond donors (Lipinski definition) is 1. The van der Waals surface area contributed by atoms with Gasteiger partial charge < -0.3 is 10.1 Å². The van der Waals surface area contributed by atoms with Gasteiger partial charge in [-0.1, -0.05) is 56.7 Å². The van der Waals surface area contributed by atoms with Gasteiger partial charge in [0.1, 0.15) is 11.5 Å². The first-order valence-corrected chi connectivity index (χ1v) is 7.43. The molecule has 2 aromatic carbocycles. The molecule has 0 heterocycles. The third-order valence-corrected chi connectivity index (χ3v) is 3.50. The van der Waals surface area contributed by atoms with Crippen molar-refractivity contribution in [3.05, 3.63) is 59.2 Å². The summed E-state index contributed by atoms with van der Waals surface area (Å²) in [6.07, 6.45) is 0. The summed E-state index contributed by atoms with van der Waals surface area (Å²) >= 11 is 0. The van der Waals surface area contributed by atoms with E-state index in [-0.39, 0.29) is 5.41 Å². The van der Waals surface area contributed by atoms with Gasteiger partial charge >= 0.3 is 0 Å². The summed E-state index contributed by atoms with van der Waals surface area (Å²) in [4.78, 5) is 0. The van der Waals surface area contributed by atoms with Gasteiger partial charge in [-0.2, -0.15) is 0 Å². The Labute approximate surface area is 128 Å². The van der Waals surface area contributed by atoms with Crippen molar-refractivity contribution >= 4 is 0 Å². The fourth-order valence-corrected chi connectivity index (χ4v) is 2.38. The van der Waals surface area contributed by atoms with Crippen molar-refractivity contribution in [1.82, 2.24) is 5.32 Å². The molecule has 21 heavy (non-hydrogen) atoms. The monoisotopic (exact) mass is 283 g/mol. The van der Waals surface area contributed by atoms with Gasteiger partial charge in [-0.15, -0.1) is 0 Å². The van der Waals surface area contributed by atoms with Crippen molar-refractivity contribution in [3.8, 4) is 11.5 Å². The van der Waals surface area contributed by atoms with Crippen LogP contribution in [0.1, 0.15) is 37.5 Å². The first-order chi connectivity index (χ1) is 9.91. The predicted molar refractivity (Wildman–Crippen MR) is 89.2 cm³/mol. The van der Waals surface area contributed by atoms with E-state index < -0.39 is 0 Å². The van der Waals surface area contributed by atoms with Gasteiger partial charge in [0.05, 0.1) is 0 Å². The summed E-state index contributed by atoms with van der Waals surface area (Å²) in [5, 5.41) is 3.18. The summed E-state index contributed by atoms with van der Waals surface area (Å²) < 4.78 is 6.23. The summed E-state index contributed by atoms with van der Waals surface area (Å²) in [5.41, 5.74) is 3.72. The van der Waals surface area contributed by atoms with Crippen LogP contribution in [0.5, 0.6) is 11.5 Å². The van der Waals surface area contributed by atoms with Gasteiger partial charge in [0.15, 0.2) is 0 Å². The molecule has 0 saturated heterocycles. The first-order valence-electron chi connectivity index (χ1n) is 7.43. The highest BCUT2D eigenvalue weighted by Gasteiger charge is 2.20. The number of aryl methyl sites for hydroxylation is 1. The van der Waals surface area contributed by atoms with Gasteiger partial charge in [-0.25, -0.2) is 0 Å². The number of benzene rings is 2. The largest absolute Gasteiger partial charge is 0.457 e. The van der Waals surface area contributed by atoms with Gasteiger partial charge in [0.25, 0.3) is 0 Å². The highest BCUT2D eigenvalue weighted by Crippen LogP contribution is 2.35. The van der Waals surface area contributed by atoms with Crippen LogP contribution in [0.15, 0.2) is 42.5 Å². The van der Waals surface area contributed by atoms with Crippen molar-refractivity contribution in [2.24, 2.45) is 0 Å². The molecule has 2 nitrogen and oxygen atoms in total. The Kier molecular flexibility index (Phi) is 4.69. The number of nitrogens with one attached hydrogen (secondary N) is 1. The van der Waals surface area contributed by atoms with E-state index in [4.69, 9.17) is 4.74 Å². The van der Waals surface area contributed by atoms with Crippen molar-refractivity contribution in [2.45, 2.75) is 39.7 Å². The molecule has 0 aliphatic heterocycles. The summed E-state index contributed by atoms with van der Waals surface area (Å²) in [7, 11) is 1.95. The molecule has 0 fully saturated rings. The number of ether oxygens (including phenoxy) is 1. The number of rotatable bonds is 4. The Morgan fingerprint density at radius 1 is 1.00 bits per heavy atom. The van der Waals surface area contributed by atoms with Crippen molar-refractivity contribution in [2.75, 3.05) is 7.05 Å². The molecule has 1 N–H and O–H groups in total. The van der Waals surface area contributed by atoms with Crippen LogP contribution >= 0.6 is 0 Å². The zero-order valence-corrected chi connectivity index (χ0v) is 13.7. The van der Waals surface area contributed by atoms with Gasteiger partial charge in [0, 0.05) is 17.7 Å². The van der Waals surface area contributed by atoms with E-state index in [0.29, 0.717) is 0 Å². The highest BCUT2D eigenvalue weighted by atomic mass is 16.5. The van der Waals surface area contributed by atoms with Crippen molar-refractivity contribution in [3.63, 3.8) is 0 Å². The number of para-hydroxylation sites is 1. The molecule has 2 heteroatoms. The first kappa shape index (κ1) is 15.6. The second-order valence-electron chi connectivity index (χ2n) is 6.49. The fraction of sp³-hybridized carbons (Fsp3) is 0.368. The Balaban J connectivity index is 2.41. The lowest BCUT2D eigenvalue weighted by molar-refractivity contribution is 0.449. The molecular weight excluding hydrogens is 258 g/mol. The molecule has 2 aromatic rings. The average Bonchev–Trinajstić information content (AvgIpc) is 2.42. The lowest BCUT2D eigenvalue weighted by Crippen LogP contribution is -2.13. The molecule has 0 bridgehead atoms. The second-order valence-corrected chi connectivity index (χ2v) is 6.49. The molecule has 0 spiro atoms. The Morgan fingerprint density at radius 2 is 1.71 bits per heavy atom. The smallest absolute Gasteiger partial charge is 0.131 e. The molecule has 2 rings (SSSR count). The van der Waals surface area contributed by atoms with E-state index in [0.717, 1.165) is 18.0 Å². The molecule has 0 aliphatic carbocycles. The van der Waals surface area contributed by atoms with E-state index in [2.05, 4.69) is 57.3 Å². The quantitative estimate of drug-likeness (QED) is 0.870. The summed E-state index contributed by atoms with van der Waals surface area (Å²) in [6.45, 7) is 9.57. The third-order valence-electron chi connectivity index (χ3n) is 3.50. The van der Waals surface area contributed by atoms with Crippen LogP contribution < -0.4 is 10.1 Å². The summed E-state index contributed by atoms with van der Waals surface area (Å²) in [5.74, 6) is 1.86. The maximum atomic E-state index is 6.23. The van der Waals surface area contributed by atoms with Crippen molar-refractivity contribution in [1.29, 1.82) is 0 Å². The molecular formula is C19H25NO. The zero-order valence-electron chi connectivity index (χ0n) is 13.7. The Morgan fingerprint density at radius 3 is 2.38 bits per heavy atom. The second kappa shape index (κ2) is 6.31. The average molecular weight is 283 g/mol. The third kappa shape index (κ3) is 3.85. The lowest BCUT2D eigenvalue weighted by Gasteiger charge is -2.24. The zero-order chi connectivity index (χ0) is 15.5. The van der Waals surface area contributed by atoms with Crippen LogP contribution in [0, 0.1) is 6.92 Å². The molecule has 0 unspecified atom stereocenters. The number of hydrogen-bond acceptors (Lipinski definition) is 2. The topological polar surface area (TPSA) is 21.3 Å². The molecule has 0 amide bonds. The van der Waals surface area contributed by atoms with Crippen LogP contribution in [0.25, 0.3) is 0 Å². The SMILES string of the molecule is CNCc1ccccc1Oc1ccc(C)cc1C(C)(C)C. The van der Waals surface area contributed by atoms with E-state index in [1.54, 1.807) is 0 Å². The molecule has 0 aliphatic rings. The minimum atomic E-state index is 0.0549. The lowest BCUT2D eigenvalue weighted by atomic mass is 9.85. The van der Waals surface area contributed by atoms with Gasteiger partial charge in [-0.3, -0.25) is 0 Å². The van der Waals surface area contributed by atoms with Crippen LogP contribution in [-0.2, 0) is 12.0 Å². The van der Waals surface area contributed by atoms with Crippen LogP contribution in [-0.4, -0.2) is 7.05 Å². The van der Waals surface area contributed by atoms with E-state index >= 15 is 0 Å². The minimum Gasteiger partial charge on any atom is -0.457 e. The predicted octanol–water partition coefficient (Wildman–Crippen LogP) is 4.80. The highest BCUT2D eigenvalue weighted by molar-refractivity contribution is 5.45. The van der Waals surface area contributed by atoms with Crippen LogP contribution in [0.2, 0.25) is 0 Å². The van der Waals surface area contributed by atoms with E-state index in [1.807, 2.05) is 25.2 Å². The maximum absolute atomic E-state index is 6.23. The normalized spacial score (nSPS) is 11.5. The molecule has 0 atom stereocenters. The van der Waals surface area contributed by atoms with E-state index in [1.165, 1.54) is 16.7 Å².